The predicted octanol–water partition coefficient (Wildman–Crippen LogP) is 2.19. The van der Waals surface area contributed by atoms with E-state index >= 15 is 0 Å². The highest BCUT2D eigenvalue weighted by atomic mass is 35.5. The summed E-state index contributed by atoms with van der Waals surface area (Å²) in [6.45, 7) is 0.0653. The van der Waals surface area contributed by atoms with Gasteiger partial charge in [-0.15, -0.1) is 0 Å². The fourth-order valence-electron chi connectivity index (χ4n) is 1.65. The number of ether oxygens (including phenoxy) is 1. The lowest BCUT2D eigenvalue weighted by Gasteiger charge is -2.08. The van der Waals surface area contributed by atoms with E-state index in [9.17, 15) is 20.0 Å². The number of aromatic carboxylic acids is 1. The summed E-state index contributed by atoms with van der Waals surface area (Å²) in [4.78, 5) is 20.9. The van der Waals surface area contributed by atoms with Crippen LogP contribution in [0.15, 0.2) is 42.5 Å². The Bertz CT molecular complexity index is 684. The predicted molar refractivity (Wildman–Crippen MR) is 73.2 cm³/mol. The average molecular weight is 307 g/mol. The number of halogens is 1. The van der Waals surface area contributed by atoms with Gasteiger partial charge in [-0.2, -0.15) is 0 Å². The van der Waals surface area contributed by atoms with Gasteiger partial charge in [0.25, 0.3) is 0 Å². The Morgan fingerprint density at radius 1 is 1.19 bits per heavy atom. The minimum atomic E-state index is -1.27. The molecular weight excluding hydrogens is 298 g/mol. The minimum absolute atomic E-state index is 0.0521. The van der Waals surface area contributed by atoms with Crippen LogP contribution in [0.25, 0.3) is 0 Å². The molecule has 2 rings (SSSR count). The lowest BCUT2D eigenvalue weighted by molar-refractivity contribution is -0.385. The number of carboxylic acid groups (broad SMARTS) is 1. The zero-order valence-corrected chi connectivity index (χ0v) is 11.4. The molecule has 0 saturated carbocycles. The second kappa shape index (κ2) is 6.23. The lowest BCUT2D eigenvalue weighted by Crippen LogP contribution is -2.22. The van der Waals surface area contributed by atoms with Crippen LogP contribution in [0.4, 0.5) is 5.69 Å². The summed E-state index contributed by atoms with van der Waals surface area (Å²) in [5, 5.41) is 21.8. The summed E-state index contributed by atoms with van der Waals surface area (Å²) in [7, 11) is 0. The third kappa shape index (κ3) is 3.70. The van der Waals surface area contributed by atoms with Crippen molar-refractivity contribution in [1.29, 1.82) is 0 Å². The number of hydrogen-bond donors (Lipinski definition) is 0. The minimum Gasteiger partial charge on any atom is -0.545 e. The highest BCUT2D eigenvalue weighted by molar-refractivity contribution is 6.30. The fourth-order valence-corrected chi connectivity index (χ4v) is 1.82. The number of hydrogen-bond acceptors (Lipinski definition) is 5. The molecule has 0 amide bonds. The van der Waals surface area contributed by atoms with Crippen molar-refractivity contribution < 1.29 is 19.6 Å². The van der Waals surface area contributed by atoms with Crippen LogP contribution in [0.2, 0.25) is 5.02 Å². The van der Waals surface area contributed by atoms with Crippen LogP contribution < -0.4 is 9.84 Å². The van der Waals surface area contributed by atoms with Gasteiger partial charge in [-0.1, -0.05) is 35.9 Å². The maximum absolute atomic E-state index is 10.9. The van der Waals surface area contributed by atoms with Crippen LogP contribution in [-0.2, 0) is 6.61 Å². The molecule has 6 nitrogen and oxygen atoms in total. The summed E-state index contributed by atoms with van der Waals surface area (Å²) in [6, 6.07) is 9.96. The first-order chi connectivity index (χ1) is 9.97. The smallest absolute Gasteiger partial charge is 0.312 e. The third-order valence-electron chi connectivity index (χ3n) is 2.70. The van der Waals surface area contributed by atoms with E-state index in [0.29, 0.717) is 5.56 Å². The first-order valence-electron chi connectivity index (χ1n) is 5.84. The molecule has 2 aromatic carbocycles. The van der Waals surface area contributed by atoms with Gasteiger partial charge in [0.1, 0.15) is 6.61 Å². The number of benzene rings is 2. The van der Waals surface area contributed by atoms with Crippen molar-refractivity contribution >= 4 is 23.3 Å². The largest absolute Gasteiger partial charge is 0.545 e. The molecule has 0 atom stereocenters. The molecule has 0 saturated heterocycles. The first-order valence-corrected chi connectivity index (χ1v) is 6.22. The number of nitro benzene ring substituents is 1. The normalized spacial score (nSPS) is 10.1. The van der Waals surface area contributed by atoms with Gasteiger partial charge in [-0.25, -0.2) is 0 Å². The van der Waals surface area contributed by atoms with Crippen LogP contribution >= 0.6 is 11.6 Å². The summed E-state index contributed by atoms with van der Waals surface area (Å²) < 4.78 is 5.38. The number of nitro groups is 1. The van der Waals surface area contributed by atoms with Crippen LogP contribution in [0.1, 0.15) is 15.9 Å². The van der Waals surface area contributed by atoms with Gasteiger partial charge in [-0.05, 0) is 23.3 Å². The highest BCUT2D eigenvalue weighted by Gasteiger charge is 2.15. The second-order valence-electron chi connectivity index (χ2n) is 4.14. The molecule has 0 aliphatic carbocycles. The molecule has 0 aliphatic rings. The summed E-state index contributed by atoms with van der Waals surface area (Å²) in [5.41, 5.74) is 0.495. The van der Waals surface area contributed by atoms with E-state index in [0.717, 1.165) is 0 Å². The molecule has 0 radical (unpaired) electrons. The van der Waals surface area contributed by atoms with E-state index in [-0.39, 0.29) is 28.6 Å². The molecule has 2 aromatic rings. The Hall–Kier alpha value is -2.60. The average Bonchev–Trinajstić information content (AvgIpc) is 2.46. The van der Waals surface area contributed by atoms with Crippen molar-refractivity contribution in [2.24, 2.45) is 0 Å². The van der Waals surface area contributed by atoms with Crippen LogP contribution in [0.5, 0.6) is 5.75 Å². The maximum Gasteiger partial charge on any atom is 0.312 e. The van der Waals surface area contributed by atoms with E-state index in [4.69, 9.17) is 16.3 Å². The molecular formula is C14H9ClNO5-. The van der Waals surface area contributed by atoms with Gasteiger partial charge in [0.2, 0.25) is 0 Å². The molecule has 21 heavy (non-hydrogen) atoms. The molecule has 0 fully saturated rings. The van der Waals surface area contributed by atoms with Gasteiger partial charge < -0.3 is 14.6 Å². The summed E-state index contributed by atoms with van der Waals surface area (Å²) in [5.74, 6) is -1.18. The van der Waals surface area contributed by atoms with E-state index in [1.165, 1.54) is 30.3 Å². The van der Waals surface area contributed by atoms with Crippen molar-refractivity contribution in [2.45, 2.75) is 6.61 Å². The zero-order chi connectivity index (χ0) is 15.4. The molecule has 0 spiro atoms. The van der Waals surface area contributed by atoms with Gasteiger partial charge in [0, 0.05) is 11.1 Å². The number of carbonyl (C=O) groups is 1. The quantitative estimate of drug-likeness (QED) is 0.623. The number of nitrogens with zero attached hydrogens (tertiary/aromatic N) is 1. The van der Waals surface area contributed by atoms with Crippen molar-refractivity contribution in [1.82, 2.24) is 0 Å². The zero-order valence-electron chi connectivity index (χ0n) is 10.6. The van der Waals surface area contributed by atoms with Gasteiger partial charge >= 0.3 is 5.69 Å². The van der Waals surface area contributed by atoms with Gasteiger partial charge in [-0.3, -0.25) is 10.1 Å². The maximum atomic E-state index is 10.9. The standard InChI is InChI=1S/C14H10ClNO5/c15-11-5-6-13(12(7-11)16(19)20)21-8-9-1-3-10(4-2-9)14(17)18/h1-7H,8H2,(H,17,18)/p-1. The van der Waals surface area contributed by atoms with Crippen molar-refractivity contribution in [2.75, 3.05) is 0 Å². The Labute approximate surface area is 124 Å². The number of carboxylic acids is 1. The molecule has 7 heteroatoms. The molecule has 0 aliphatic heterocycles. The Kier molecular flexibility index (Phi) is 4.39. The Morgan fingerprint density at radius 2 is 1.86 bits per heavy atom. The Balaban J connectivity index is 2.13. The molecule has 108 valence electrons. The van der Waals surface area contributed by atoms with Gasteiger partial charge in [0.05, 0.1) is 10.9 Å². The third-order valence-corrected chi connectivity index (χ3v) is 2.94. The molecule has 0 bridgehead atoms. The van der Waals surface area contributed by atoms with Crippen molar-refractivity contribution in [3.05, 3.63) is 68.7 Å². The second-order valence-corrected chi connectivity index (χ2v) is 4.58. The molecule has 0 aromatic heterocycles. The fraction of sp³-hybridized carbons (Fsp3) is 0.0714. The molecule has 0 N–H and O–H groups in total. The Morgan fingerprint density at radius 3 is 2.43 bits per heavy atom. The van der Waals surface area contributed by atoms with E-state index in [2.05, 4.69) is 0 Å². The van der Waals surface area contributed by atoms with Crippen molar-refractivity contribution in [3.63, 3.8) is 0 Å². The van der Waals surface area contributed by atoms with Crippen LogP contribution in [0, 0.1) is 10.1 Å². The monoisotopic (exact) mass is 306 g/mol. The summed E-state index contributed by atoms with van der Waals surface area (Å²) >= 11 is 5.70. The van der Waals surface area contributed by atoms with Crippen LogP contribution in [0.3, 0.4) is 0 Å². The molecule has 0 heterocycles. The van der Waals surface area contributed by atoms with E-state index < -0.39 is 10.9 Å². The SMILES string of the molecule is O=C([O-])c1ccc(COc2ccc(Cl)cc2[N+](=O)[O-])cc1. The van der Waals surface area contributed by atoms with Crippen molar-refractivity contribution in [3.8, 4) is 5.75 Å². The van der Waals surface area contributed by atoms with E-state index in [1.54, 1.807) is 12.1 Å². The number of rotatable bonds is 5. The van der Waals surface area contributed by atoms with Crippen LogP contribution in [-0.4, -0.2) is 10.9 Å². The topological polar surface area (TPSA) is 92.5 Å². The highest BCUT2D eigenvalue weighted by Crippen LogP contribution is 2.30. The lowest BCUT2D eigenvalue weighted by atomic mass is 10.1. The van der Waals surface area contributed by atoms with E-state index in [1.807, 2.05) is 0 Å². The first kappa shape index (κ1) is 14.8. The van der Waals surface area contributed by atoms with Gasteiger partial charge in [0.15, 0.2) is 5.75 Å². The molecule has 0 unspecified atom stereocenters. The summed E-state index contributed by atoms with van der Waals surface area (Å²) in [6.07, 6.45) is 0. The number of carbonyl (C=O) groups excluding carboxylic acids is 1.